The van der Waals surface area contributed by atoms with Gasteiger partial charge in [0.1, 0.15) is 11.6 Å². The summed E-state index contributed by atoms with van der Waals surface area (Å²) in [6.45, 7) is 5.79. The highest BCUT2D eigenvalue weighted by atomic mass is 19.1. The Morgan fingerprint density at radius 1 is 1.47 bits per heavy atom. The number of pyridine rings is 1. The average molecular weight is 236 g/mol. The molecule has 3 nitrogen and oxygen atoms in total. The molecule has 2 heterocycles. The van der Waals surface area contributed by atoms with Crippen LogP contribution in [0.15, 0.2) is 12.1 Å². The first-order valence-electron chi connectivity index (χ1n) is 5.96. The quantitative estimate of drug-likeness (QED) is 0.791. The summed E-state index contributed by atoms with van der Waals surface area (Å²) in [6, 6.07) is 3.14. The van der Waals surface area contributed by atoms with Crippen molar-refractivity contribution >= 4 is 11.7 Å². The van der Waals surface area contributed by atoms with E-state index in [1.165, 1.54) is 6.07 Å². The molecule has 1 amide bonds. The van der Waals surface area contributed by atoms with Crippen LogP contribution in [0.1, 0.15) is 32.4 Å². The van der Waals surface area contributed by atoms with Gasteiger partial charge in [0.2, 0.25) is 5.91 Å². The summed E-state index contributed by atoms with van der Waals surface area (Å²) < 4.78 is 13.2. The highest BCUT2D eigenvalue weighted by Crippen LogP contribution is 2.29. The van der Waals surface area contributed by atoms with Crippen LogP contribution < -0.4 is 4.90 Å². The van der Waals surface area contributed by atoms with Gasteiger partial charge in [0.25, 0.3) is 0 Å². The Bertz CT molecular complexity index is 445. The molecule has 1 aliphatic heterocycles. The molecule has 4 heteroatoms. The summed E-state index contributed by atoms with van der Waals surface area (Å²) in [4.78, 5) is 17.8. The third-order valence-electron chi connectivity index (χ3n) is 3.28. The van der Waals surface area contributed by atoms with Gasteiger partial charge in [-0.15, -0.1) is 0 Å². The van der Waals surface area contributed by atoms with E-state index in [-0.39, 0.29) is 17.8 Å². The zero-order valence-electron chi connectivity index (χ0n) is 10.4. The van der Waals surface area contributed by atoms with Crippen LogP contribution >= 0.6 is 0 Å². The molecule has 92 valence electrons. The van der Waals surface area contributed by atoms with Gasteiger partial charge in [-0.25, -0.2) is 9.37 Å². The monoisotopic (exact) mass is 236 g/mol. The van der Waals surface area contributed by atoms with Crippen molar-refractivity contribution < 1.29 is 9.18 Å². The van der Waals surface area contributed by atoms with Crippen molar-refractivity contribution in [3.05, 3.63) is 23.6 Å². The molecule has 0 N–H and O–H groups in total. The number of anilines is 1. The maximum absolute atomic E-state index is 13.2. The maximum atomic E-state index is 13.2. The molecule has 0 aliphatic carbocycles. The Morgan fingerprint density at radius 3 is 2.76 bits per heavy atom. The summed E-state index contributed by atoms with van der Waals surface area (Å²) >= 11 is 0. The number of aryl methyl sites for hydroxylation is 1. The first kappa shape index (κ1) is 12.0. The molecular weight excluding hydrogens is 219 g/mol. The molecule has 1 aromatic heterocycles. The molecule has 0 radical (unpaired) electrons. The fourth-order valence-electron chi connectivity index (χ4n) is 2.30. The maximum Gasteiger partial charge on any atom is 0.228 e. The van der Waals surface area contributed by atoms with Crippen molar-refractivity contribution in [1.29, 1.82) is 0 Å². The van der Waals surface area contributed by atoms with Crippen molar-refractivity contribution in [3.63, 3.8) is 0 Å². The number of halogens is 1. The SMILES string of the molecule is Cc1nc(N2C(=O)CCC2C(C)C)ccc1F. The minimum Gasteiger partial charge on any atom is -0.293 e. The van der Waals surface area contributed by atoms with E-state index in [0.29, 0.717) is 23.9 Å². The van der Waals surface area contributed by atoms with Crippen LogP contribution in [0.4, 0.5) is 10.2 Å². The van der Waals surface area contributed by atoms with Gasteiger partial charge in [-0.1, -0.05) is 13.8 Å². The first-order chi connectivity index (χ1) is 8.00. The molecule has 17 heavy (non-hydrogen) atoms. The summed E-state index contributed by atoms with van der Waals surface area (Å²) in [7, 11) is 0. The van der Waals surface area contributed by atoms with Gasteiger partial charge in [0.05, 0.1) is 5.69 Å². The fourth-order valence-corrected chi connectivity index (χ4v) is 2.30. The lowest BCUT2D eigenvalue weighted by atomic mass is 10.0. The molecule has 0 saturated carbocycles. The van der Waals surface area contributed by atoms with Crippen molar-refractivity contribution in [2.24, 2.45) is 5.92 Å². The number of carbonyl (C=O) groups excluding carboxylic acids is 1. The van der Waals surface area contributed by atoms with E-state index < -0.39 is 0 Å². The molecule has 1 aromatic rings. The third kappa shape index (κ3) is 2.16. The van der Waals surface area contributed by atoms with Crippen LogP contribution in [0.2, 0.25) is 0 Å². The number of amides is 1. The zero-order chi connectivity index (χ0) is 12.6. The van der Waals surface area contributed by atoms with E-state index in [1.807, 2.05) is 0 Å². The van der Waals surface area contributed by atoms with Gasteiger partial charge in [0, 0.05) is 12.5 Å². The predicted molar refractivity (Wildman–Crippen MR) is 64.3 cm³/mol. The normalized spacial score (nSPS) is 20.4. The van der Waals surface area contributed by atoms with Crippen LogP contribution in [0.5, 0.6) is 0 Å². The summed E-state index contributed by atoms with van der Waals surface area (Å²) in [5.41, 5.74) is 0.338. The van der Waals surface area contributed by atoms with Crippen molar-refractivity contribution in [1.82, 2.24) is 4.98 Å². The van der Waals surface area contributed by atoms with E-state index in [2.05, 4.69) is 18.8 Å². The fraction of sp³-hybridized carbons (Fsp3) is 0.538. The summed E-state index contributed by atoms with van der Waals surface area (Å²) in [5.74, 6) is 0.711. The Kier molecular flexibility index (Phi) is 3.13. The third-order valence-corrected chi connectivity index (χ3v) is 3.28. The van der Waals surface area contributed by atoms with E-state index in [9.17, 15) is 9.18 Å². The summed E-state index contributed by atoms with van der Waals surface area (Å²) in [5, 5.41) is 0. The topological polar surface area (TPSA) is 33.2 Å². The minimum atomic E-state index is -0.332. The van der Waals surface area contributed by atoms with Crippen LogP contribution in [0.3, 0.4) is 0 Å². The molecule has 0 bridgehead atoms. The van der Waals surface area contributed by atoms with E-state index in [4.69, 9.17) is 0 Å². The van der Waals surface area contributed by atoms with Crippen LogP contribution in [0, 0.1) is 18.7 Å². The largest absolute Gasteiger partial charge is 0.293 e. The van der Waals surface area contributed by atoms with E-state index in [1.54, 1.807) is 17.9 Å². The molecule has 2 rings (SSSR count). The number of nitrogens with zero attached hydrogens (tertiary/aromatic N) is 2. The van der Waals surface area contributed by atoms with Crippen molar-refractivity contribution in [3.8, 4) is 0 Å². The Hall–Kier alpha value is -1.45. The lowest BCUT2D eigenvalue weighted by molar-refractivity contribution is -0.117. The number of aromatic nitrogens is 1. The number of rotatable bonds is 2. The van der Waals surface area contributed by atoms with Gasteiger partial charge in [-0.2, -0.15) is 0 Å². The molecule has 0 aromatic carbocycles. The Morgan fingerprint density at radius 2 is 2.18 bits per heavy atom. The van der Waals surface area contributed by atoms with Crippen LogP contribution in [-0.2, 0) is 4.79 Å². The highest BCUT2D eigenvalue weighted by Gasteiger charge is 2.34. The minimum absolute atomic E-state index is 0.0854. The lowest BCUT2D eigenvalue weighted by Crippen LogP contribution is -2.37. The van der Waals surface area contributed by atoms with Gasteiger partial charge >= 0.3 is 0 Å². The second-order valence-electron chi connectivity index (χ2n) is 4.85. The summed E-state index contributed by atoms with van der Waals surface area (Å²) in [6.07, 6.45) is 1.41. The van der Waals surface area contributed by atoms with Crippen molar-refractivity contribution in [2.45, 2.75) is 39.7 Å². The molecule has 1 unspecified atom stereocenters. The molecule has 1 saturated heterocycles. The second-order valence-corrected chi connectivity index (χ2v) is 4.85. The number of carbonyl (C=O) groups is 1. The molecule has 0 spiro atoms. The molecule has 1 atom stereocenters. The van der Waals surface area contributed by atoms with E-state index in [0.717, 1.165) is 6.42 Å². The van der Waals surface area contributed by atoms with Crippen molar-refractivity contribution in [2.75, 3.05) is 4.90 Å². The Balaban J connectivity index is 2.36. The van der Waals surface area contributed by atoms with Gasteiger partial charge in [-0.3, -0.25) is 9.69 Å². The van der Waals surface area contributed by atoms with Gasteiger partial charge in [0.15, 0.2) is 0 Å². The van der Waals surface area contributed by atoms with Crippen LogP contribution in [-0.4, -0.2) is 16.9 Å². The highest BCUT2D eigenvalue weighted by molar-refractivity contribution is 5.95. The lowest BCUT2D eigenvalue weighted by Gasteiger charge is -2.27. The molecule has 1 fully saturated rings. The van der Waals surface area contributed by atoms with Gasteiger partial charge < -0.3 is 0 Å². The molecular formula is C13H17FN2O. The molecule has 1 aliphatic rings. The second kappa shape index (κ2) is 4.43. The number of hydrogen-bond donors (Lipinski definition) is 0. The standard InChI is InChI=1S/C13H17FN2O/c1-8(2)11-5-7-13(17)16(11)12-6-4-10(14)9(3)15-12/h4,6,8,11H,5,7H2,1-3H3. The smallest absolute Gasteiger partial charge is 0.228 e. The average Bonchev–Trinajstić information content (AvgIpc) is 2.64. The van der Waals surface area contributed by atoms with E-state index >= 15 is 0 Å². The first-order valence-corrected chi connectivity index (χ1v) is 5.96. The van der Waals surface area contributed by atoms with Crippen LogP contribution in [0.25, 0.3) is 0 Å². The Labute approximate surface area is 101 Å². The zero-order valence-corrected chi connectivity index (χ0v) is 10.4. The predicted octanol–water partition coefficient (Wildman–Crippen LogP) is 2.68. The number of hydrogen-bond acceptors (Lipinski definition) is 2. The van der Waals surface area contributed by atoms with Gasteiger partial charge in [-0.05, 0) is 31.4 Å².